The Balaban J connectivity index is 1.70. The number of benzene rings is 1. The van der Waals surface area contributed by atoms with E-state index in [9.17, 15) is 0 Å². The summed E-state index contributed by atoms with van der Waals surface area (Å²) in [5, 5.41) is 8.82. The van der Waals surface area contributed by atoms with Gasteiger partial charge in [0.15, 0.2) is 4.34 Å². The summed E-state index contributed by atoms with van der Waals surface area (Å²) in [5.74, 6) is 1.21. The van der Waals surface area contributed by atoms with Crippen molar-refractivity contribution in [2.45, 2.75) is 10.1 Å². The van der Waals surface area contributed by atoms with E-state index in [1.807, 2.05) is 24.3 Å². The molecule has 0 spiro atoms. The molecule has 1 aromatic carbocycles. The van der Waals surface area contributed by atoms with Crippen LogP contribution in [0.15, 0.2) is 39.3 Å². The number of nitrogen functional groups attached to an aromatic ring is 1. The standard InChI is InChI=1S/C12H9ClN4OS2/c13-8-3-1-2-7(4-8)10-15-9(5-18-10)6-19-12-17-16-11(14)20-12/h1-5H,6H2,(H2,14,16). The average molecular weight is 325 g/mol. The number of rotatable bonds is 4. The molecule has 3 aromatic rings. The highest BCUT2D eigenvalue weighted by atomic mass is 35.5. The monoisotopic (exact) mass is 324 g/mol. The second kappa shape index (κ2) is 5.82. The fraction of sp³-hybridized carbons (Fsp3) is 0.0833. The maximum absolute atomic E-state index is 5.95. The van der Waals surface area contributed by atoms with Gasteiger partial charge in [0.1, 0.15) is 6.26 Å². The Morgan fingerprint density at radius 2 is 2.25 bits per heavy atom. The quantitative estimate of drug-likeness (QED) is 0.737. The van der Waals surface area contributed by atoms with Crippen LogP contribution in [0.4, 0.5) is 5.13 Å². The molecule has 0 atom stereocenters. The predicted octanol–water partition coefficient (Wildman–Crippen LogP) is 3.72. The zero-order valence-electron chi connectivity index (χ0n) is 10.1. The first-order valence-electron chi connectivity index (χ1n) is 5.63. The van der Waals surface area contributed by atoms with Crippen molar-refractivity contribution in [3.8, 4) is 11.5 Å². The van der Waals surface area contributed by atoms with Gasteiger partial charge >= 0.3 is 0 Å². The largest absolute Gasteiger partial charge is 0.444 e. The van der Waals surface area contributed by atoms with Crippen molar-refractivity contribution in [1.82, 2.24) is 15.2 Å². The molecule has 0 aliphatic heterocycles. The molecule has 102 valence electrons. The molecule has 0 aliphatic rings. The molecule has 0 bridgehead atoms. The molecular weight excluding hydrogens is 316 g/mol. The fourth-order valence-corrected chi connectivity index (χ4v) is 3.25. The number of hydrogen-bond donors (Lipinski definition) is 1. The smallest absolute Gasteiger partial charge is 0.226 e. The van der Waals surface area contributed by atoms with Gasteiger partial charge in [-0.25, -0.2) is 4.98 Å². The van der Waals surface area contributed by atoms with Gasteiger partial charge < -0.3 is 10.2 Å². The van der Waals surface area contributed by atoms with Gasteiger partial charge in [-0.1, -0.05) is 40.8 Å². The van der Waals surface area contributed by atoms with Gasteiger partial charge in [-0.15, -0.1) is 10.2 Å². The third kappa shape index (κ3) is 3.12. The summed E-state index contributed by atoms with van der Waals surface area (Å²) in [6, 6.07) is 7.39. The number of anilines is 1. The molecule has 20 heavy (non-hydrogen) atoms. The topological polar surface area (TPSA) is 77.8 Å². The van der Waals surface area contributed by atoms with E-state index >= 15 is 0 Å². The Labute approximate surface area is 128 Å². The number of oxazole rings is 1. The Hall–Kier alpha value is -1.57. The van der Waals surface area contributed by atoms with E-state index in [0.29, 0.717) is 21.8 Å². The lowest BCUT2D eigenvalue weighted by atomic mass is 10.2. The van der Waals surface area contributed by atoms with Gasteiger partial charge in [-0.05, 0) is 18.2 Å². The lowest BCUT2D eigenvalue weighted by Crippen LogP contribution is -1.82. The van der Waals surface area contributed by atoms with Crippen LogP contribution >= 0.6 is 34.7 Å². The van der Waals surface area contributed by atoms with E-state index in [1.54, 1.807) is 6.26 Å². The Bertz CT molecular complexity index is 728. The fourth-order valence-electron chi connectivity index (χ4n) is 1.54. The molecule has 2 heterocycles. The first kappa shape index (κ1) is 13.4. The summed E-state index contributed by atoms with van der Waals surface area (Å²) in [6.07, 6.45) is 1.63. The van der Waals surface area contributed by atoms with Crippen molar-refractivity contribution in [3.05, 3.63) is 41.2 Å². The Morgan fingerprint density at radius 3 is 3.00 bits per heavy atom. The lowest BCUT2D eigenvalue weighted by Gasteiger charge is -1.95. The summed E-state index contributed by atoms with van der Waals surface area (Å²) in [6.45, 7) is 0. The predicted molar refractivity (Wildman–Crippen MR) is 80.8 cm³/mol. The summed E-state index contributed by atoms with van der Waals surface area (Å²) in [7, 11) is 0. The van der Waals surface area contributed by atoms with Crippen molar-refractivity contribution in [2.24, 2.45) is 0 Å². The normalized spacial score (nSPS) is 10.8. The molecule has 5 nitrogen and oxygen atoms in total. The van der Waals surface area contributed by atoms with Crippen LogP contribution in [0.2, 0.25) is 5.02 Å². The van der Waals surface area contributed by atoms with E-state index in [4.69, 9.17) is 21.8 Å². The van der Waals surface area contributed by atoms with E-state index in [-0.39, 0.29) is 0 Å². The van der Waals surface area contributed by atoms with E-state index in [1.165, 1.54) is 23.1 Å². The summed E-state index contributed by atoms with van der Waals surface area (Å²) < 4.78 is 6.27. The molecule has 0 aliphatic carbocycles. The third-order valence-corrected chi connectivity index (χ3v) is 4.54. The second-order valence-electron chi connectivity index (χ2n) is 3.85. The molecule has 3 rings (SSSR count). The lowest BCUT2D eigenvalue weighted by molar-refractivity contribution is 0.573. The Morgan fingerprint density at radius 1 is 1.35 bits per heavy atom. The molecule has 0 amide bonds. The van der Waals surface area contributed by atoms with Crippen molar-refractivity contribution in [2.75, 3.05) is 5.73 Å². The second-order valence-corrected chi connectivity index (χ2v) is 6.52. The Kier molecular flexibility index (Phi) is 3.90. The molecule has 0 radical (unpaired) electrons. The number of thioether (sulfide) groups is 1. The third-order valence-electron chi connectivity index (χ3n) is 2.39. The molecule has 0 fully saturated rings. The first-order chi connectivity index (χ1) is 9.70. The maximum Gasteiger partial charge on any atom is 0.226 e. The van der Waals surface area contributed by atoms with Crippen LogP contribution in [0.3, 0.4) is 0 Å². The molecule has 0 saturated heterocycles. The zero-order valence-corrected chi connectivity index (χ0v) is 12.5. The van der Waals surface area contributed by atoms with Crippen LogP contribution < -0.4 is 5.73 Å². The van der Waals surface area contributed by atoms with E-state index in [2.05, 4.69) is 15.2 Å². The van der Waals surface area contributed by atoms with Crippen LogP contribution in [0.25, 0.3) is 11.5 Å². The molecule has 0 unspecified atom stereocenters. The number of nitrogens with two attached hydrogens (primary N) is 1. The summed E-state index contributed by atoms with van der Waals surface area (Å²) in [5.41, 5.74) is 7.21. The van der Waals surface area contributed by atoms with Gasteiger partial charge in [0, 0.05) is 16.3 Å². The highest BCUT2D eigenvalue weighted by molar-refractivity contribution is 8.00. The first-order valence-corrected chi connectivity index (χ1v) is 7.81. The molecule has 0 saturated carbocycles. The average Bonchev–Trinajstić information content (AvgIpc) is 3.05. The minimum Gasteiger partial charge on any atom is -0.444 e. The zero-order chi connectivity index (χ0) is 13.9. The van der Waals surface area contributed by atoms with Gasteiger partial charge in [0.05, 0.1) is 5.69 Å². The number of hydrogen-bond acceptors (Lipinski definition) is 7. The van der Waals surface area contributed by atoms with Crippen molar-refractivity contribution >= 4 is 39.8 Å². The van der Waals surface area contributed by atoms with Crippen molar-refractivity contribution in [1.29, 1.82) is 0 Å². The van der Waals surface area contributed by atoms with Crippen LogP contribution in [0, 0.1) is 0 Å². The van der Waals surface area contributed by atoms with Crippen molar-refractivity contribution < 1.29 is 4.42 Å². The molecule has 2 N–H and O–H groups in total. The van der Waals surface area contributed by atoms with Gasteiger partial charge in [-0.3, -0.25) is 0 Å². The van der Waals surface area contributed by atoms with E-state index < -0.39 is 0 Å². The highest BCUT2D eigenvalue weighted by Gasteiger charge is 2.09. The van der Waals surface area contributed by atoms with Crippen LogP contribution in [0.5, 0.6) is 0 Å². The number of halogens is 1. The van der Waals surface area contributed by atoms with Crippen LogP contribution in [-0.2, 0) is 5.75 Å². The number of aromatic nitrogens is 3. The molecule has 2 aromatic heterocycles. The SMILES string of the molecule is Nc1nnc(SCc2coc(-c3cccc(Cl)c3)n2)s1. The van der Waals surface area contributed by atoms with Crippen LogP contribution in [0.1, 0.15) is 5.69 Å². The van der Waals surface area contributed by atoms with Crippen LogP contribution in [-0.4, -0.2) is 15.2 Å². The van der Waals surface area contributed by atoms with Gasteiger partial charge in [-0.2, -0.15) is 0 Å². The molecular formula is C12H9ClN4OS2. The minimum atomic E-state index is 0.465. The summed E-state index contributed by atoms with van der Waals surface area (Å²) in [4.78, 5) is 4.42. The van der Waals surface area contributed by atoms with E-state index in [0.717, 1.165) is 15.6 Å². The van der Waals surface area contributed by atoms with Gasteiger partial charge in [0.25, 0.3) is 0 Å². The highest BCUT2D eigenvalue weighted by Crippen LogP contribution is 2.28. The maximum atomic E-state index is 5.95. The number of nitrogens with zero attached hydrogens (tertiary/aromatic N) is 3. The minimum absolute atomic E-state index is 0.465. The summed E-state index contributed by atoms with van der Waals surface area (Å²) >= 11 is 8.82. The van der Waals surface area contributed by atoms with Gasteiger partial charge in [0.2, 0.25) is 11.0 Å². The van der Waals surface area contributed by atoms with Crippen molar-refractivity contribution in [3.63, 3.8) is 0 Å². The molecule has 8 heteroatoms.